The fourth-order valence-electron chi connectivity index (χ4n) is 10.0. The van der Waals surface area contributed by atoms with Gasteiger partial charge in [-0.05, 0) is 73.9 Å². The van der Waals surface area contributed by atoms with E-state index in [9.17, 15) is 24.0 Å². The van der Waals surface area contributed by atoms with Gasteiger partial charge in [-0.25, -0.2) is 9.59 Å². The summed E-state index contributed by atoms with van der Waals surface area (Å²) >= 11 is 0. The fourth-order valence-corrected chi connectivity index (χ4v) is 12.5. The Morgan fingerprint density at radius 2 is 1.50 bits per heavy atom. The second-order valence-corrected chi connectivity index (χ2v) is 21.9. The van der Waals surface area contributed by atoms with Gasteiger partial charge in [-0.3, -0.25) is 19.2 Å². The van der Waals surface area contributed by atoms with E-state index in [4.69, 9.17) is 28.2 Å². The highest BCUT2D eigenvalue weighted by Gasteiger charge is 2.60. The first-order valence-electron chi connectivity index (χ1n) is 23.7. The molecule has 3 saturated heterocycles. The predicted octanol–water partition coefficient (Wildman–Crippen LogP) is 4.49. The second kappa shape index (κ2) is 19.4. The zero-order valence-electron chi connectivity index (χ0n) is 39.5. The van der Waals surface area contributed by atoms with E-state index in [2.05, 4.69) is 64.0 Å². The molecule has 1 aromatic heterocycles. The molecule has 6 aliphatic rings. The average molecular weight is 974 g/mol. The van der Waals surface area contributed by atoms with Crippen molar-refractivity contribution in [3.05, 3.63) is 122 Å². The van der Waals surface area contributed by atoms with Crippen LogP contribution in [0.3, 0.4) is 0 Å². The topological polar surface area (TPSA) is 187 Å². The van der Waals surface area contributed by atoms with E-state index in [-0.39, 0.29) is 49.4 Å². The molecule has 1 N–H and O–H groups in total. The Morgan fingerprint density at radius 3 is 2.19 bits per heavy atom. The van der Waals surface area contributed by atoms with Crippen molar-refractivity contribution in [2.75, 3.05) is 108 Å². The Kier molecular flexibility index (Phi) is 13.1. The maximum Gasteiger partial charge on any atom is 0.363 e. The number of nitrogens with zero attached hydrogens (tertiary/aromatic N) is 4. The maximum absolute atomic E-state index is 15.5. The standard InChI is InChI=1S/C52H55N5O12S/c1-64-22-23-66-26-27-67-25-24-65-21-16-53-48(60)39-28-33-6-8-37(30-43(33)68-51(39)63)56-49(61)38-11-7-34(50(62)69-57-46(58)14-15-47(57)59)29-42(38)52(56)40-12-9-35(54-17-4-18-54)31-44(40)70(2,3)45-32-36(10-13-41(45)52)55-19-5-20-55/h6-9,11-12,28-29,31-32,37H,4-5,14-27,30H2,1-3H3,(H,53,60). The molecule has 4 aromatic rings. The summed E-state index contributed by atoms with van der Waals surface area (Å²) in [6.07, 6.45) is 10.3. The maximum atomic E-state index is 15.5. The normalized spacial score (nSPS) is 19.5. The number of nitrogens with one attached hydrogen (secondary N) is 1. The summed E-state index contributed by atoms with van der Waals surface area (Å²) in [5.41, 5.74) is 2.51. The minimum Gasteiger partial charge on any atom is -0.427 e. The highest BCUT2D eigenvalue weighted by Crippen LogP contribution is 2.69. The summed E-state index contributed by atoms with van der Waals surface area (Å²) in [5.74, 6) is -2.80. The number of fused-ring (bicyclic) bond motifs is 7. The smallest absolute Gasteiger partial charge is 0.363 e. The summed E-state index contributed by atoms with van der Waals surface area (Å²) in [6, 6.07) is 21.2. The number of benzene rings is 2. The minimum atomic E-state index is -1.81. The van der Waals surface area contributed by atoms with Gasteiger partial charge >= 0.3 is 11.6 Å². The molecule has 4 amide bonds. The van der Waals surface area contributed by atoms with Gasteiger partial charge in [-0.1, -0.05) is 24.3 Å². The molecule has 10 rings (SSSR count). The SMILES string of the molecule is COCCOCCOCCOCCNC(=O)c1cc2c(oc1=O)CC(N1C(=O)c3ccc(C(=O)ON4C(=O)CCC4=O)cc3C13c1c#cc(N4CCC4)cc1S(C)(C)c1cc(N4CCC4)ccc13)C=C2. The number of amides is 4. The molecule has 3 fully saturated rings. The van der Waals surface area contributed by atoms with Crippen LogP contribution in [0.2, 0.25) is 0 Å². The highest BCUT2D eigenvalue weighted by molar-refractivity contribution is 8.32. The van der Waals surface area contributed by atoms with Gasteiger partial charge in [-0.2, -0.15) is 10.0 Å². The summed E-state index contributed by atoms with van der Waals surface area (Å²) in [4.78, 5) is 95.4. The first-order valence-corrected chi connectivity index (χ1v) is 26.1. The molecule has 0 saturated carbocycles. The van der Waals surface area contributed by atoms with Crippen molar-refractivity contribution in [1.82, 2.24) is 15.3 Å². The predicted molar refractivity (Wildman–Crippen MR) is 257 cm³/mol. The van der Waals surface area contributed by atoms with Crippen LogP contribution in [0.1, 0.15) is 84.8 Å². The van der Waals surface area contributed by atoms with Gasteiger partial charge < -0.3 is 48.2 Å². The molecule has 2 unspecified atom stereocenters. The number of hydrogen-bond acceptors (Lipinski definition) is 14. The molecular weight excluding hydrogens is 919 g/mol. The summed E-state index contributed by atoms with van der Waals surface area (Å²) in [7, 11) is -0.203. The van der Waals surface area contributed by atoms with Gasteiger partial charge in [0.1, 0.15) is 16.9 Å². The lowest BCUT2D eigenvalue weighted by Crippen LogP contribution is -2.53. The molecule has 70 heavy (non-hydrogen) atoms. The lowest BCUT2D eigenvalue weighted by molar-refractivity contribution is -0.172. The largest absolute Gasteiger partial charge is 0.427 e. The first kappa shape index (κ1) is 47.2. The number of rotatable bonds is 18. The van der Waals surface area contributed by atoms with Crippen LogP contribution >= 0.6 is 10.0 Å². The number of carbonyl (C=O) groups excluding carboxylic acids is 5. The van der Waals surface area contributed by atoms with Crippen LogP contribution < -0.4 is 20.7 Å². The van der Waals surface area contributed by atoms with E-state index in [1.54, 1.807) is 25.3 Å². The third kappa shape index (κ3) is 8.32. The molecule has 0 bridgehead atoms. The van der Waals surface area contributed by atoms with Gasteiger partial charge in [0.15, 0.2) is 0 Å². The second-order valence-electron chi connectivity index (χ2n) is 18.4. The van der Waals surface area contributed by atoms with Gasteiger partial charge in [0, 0.05) is 102 Å². The van der Waals surface area contributed by atoms with Crippen LogP contribution in [0.5, 0.6) is 0 Å². The molecule has 5 aliphatic heterocycles. The molecule has 6 heterocycles. The Balaban J connectivity index is 0.990. The van der Waals surface area contributed by atoms with E-state index in [0.717, 1.165) is 65.7 Å². The van der Waals surface area contributed by atoms with E-state index in [1.165, 1.54) is 12.1 Å². The number of methoxy groups -OCH3 is 1. The Morgan fingerprint density at radius 1 is 0.800 bits per heavy atom. The van der Waals surface area contributed by atoms with Crippen LogP contribution in [0.25, 0.3) is 6.08 Å². The summed E-state index contributed by atoms with van der Waals surface area (Å²) < 4.78 is 27.3. The molecule has 366 valence electrons. The summed E-state index contributed by atoms with van der Waals surface area (Å²) in [5, 5.41) is 3.25. The van der Waals surface area contributed by atoms with Crippen LogP contribution in [0, 0.1) is 12.1 Å². The van der Waals surface area contributed by atoms with Crippen LogP contribution in [0.4, 0.5) is 11.4 Å². The minimum absolute atomic E-state index is 0.0384. The molecule has 18 heteroatoms. The van der Waals surface area contributed by atoms with Crippen LogP contribution in [-0.4, -0.2) is 144 Å². The quantitative estimate of drug-likeness (QED) is 0.109. The zero-order valence-corrected chi connectivity index (χ0v) is 40.3. The Labute approximate surface area is 406 Å². The van der Waals surface area contributed by atoms with Crippen molar-refractivity contribution in [3.8, 4) is 0 Å². The van der Waals surface area contributed by atoms with Gasteiger partial charge in [0.2, 0.25) is 0 Å². The number of imide groups is 1. The van der Waals surface area contributed by atoms with Crippen LogP contribution in [-0.2, 0) is 45.3 Å². The highest BCUT2D eigenvalue weighted by atomic mass is 32.3. The molecule has 17 nitrogen and oxygen atoms in total. The third-order valence-corrected chi connectivity index (χ3v) is 16.8. The fraction of sp³-hybridized carbons (Fsp3) is 0.423. The van der Waals surface area contributed by atoms with Crippen LogP contribution in [0.15, 0.2) is 73.6 Å². The Hall–Kier alpha value is -6.49. The van der Waals surface area contributed by atoms with Gasteiger partial charge in [0.25, 0.3) is 23.6 Å². The van der Waals surface area contributed by atoms with Crippen molar-refractivity contribution >= 4 is 57.1 Å². The molecule has 1 spiro atoms. The van der Waals surface area contributed by atoms with Crippen molar-refractivity contribution in [2.24, 2.45) is 0 Å². The van der Waals surface area contributed by atoms with Gasteiger partial charge in [-0.15, -0.1) is 5.06 Å². The lowest BCUT2D eigenvalue weighted by Gasteiger charge is -2.52. The van der Waals surface area contributed by atoms with Crippen molar-refractivity contribution < 1.29 is 52.2 Å². The number of hydroxylamine groups is 2. The third-order valence-electron chi connectivity index (χ3n) is 13.9. The molecular formula is C52H55N5O12S. The molecule has 3 aromatic carbocycles. The molecule has 0 radical (unpaired) electrons. The Bertz CT molecular complexity index is 2770. The molecule has 2 atom stereocenters. The number of ether oxygens (including phenoxy) is 4. The number of anilines is 2. The van der Waals surface area contributed by atoms with E-state index in [0.29, 0.717) is 72.7 Å². The van der Waals surface area contributed by atoms with E-state index >= 15 is 4.79 Å². The lowest BCUT2D eigenvalue weighted by atomic mass is 9.75. The molecule has 1 aliphatic carbocycles. The van der Waals surface area contributed by atoms with Gasteiger partial charge in [0.05, 0.1) is 63.5 Å². The van der Waals surface area contributed by atoms with E-state index < -0.39 is 50.9 Å². The first-order chi connectivity index (χ1) is 33.9. The number of hydrogen-bond donors (Lipinski definition) is 1. The van der Waals surface area contributed by atoms with Crippen molar-refractivity contribution in [3.63, 3.8) is 0 Å². The monoisotopic (exact) mass is 973 g/mol. The number of carbonyl (C=O) groups is 5. The average Bonchev–Trinajstić information content (AvgIpc) is 3.77. The summed E-state index contributed by atoms with van der Waals surface area (Å²) in [6.45, 7) is 6.52. The van der Waals surface area contributed by atoms with E-state index in [1.807, 2.05) is 11.0 Å². The van der Waals surface area contributed by atoms with Crippen molar-refractivity contribution in [1.29, 1.82) is 0 Å². The van der Waals surface area contributed by atoms with Crippen molar-refractivity contribution in [2.45, 2.75) is 53.5 Å². The zero-order chi connectivity index (χ0) is 48.7.